The van der Waals surface area contributed by atoms with E-state index in [9.17, 15) is 0 Å². The number of aromatic nitrogens is 1. The van der Waals surface area contributed by atoms with Crippen LogP contribution in [-0.2, 0) is 0 Å². The lowest BCUT2D eigenvalue weighted by Crippen LogP contribution is -1.71. The first-order valence-corrected chi connectivity index (χ1v) is 3.65. The Hall–Kier alpha value is -1.57. The Bertz CT molecular complexity index is 320. The summed E-state index contributed by atoms with van der Waals surface area (Å²) in [6.07, 6.45) is 5.32. The summed E-state index contributed by atoms with van der Waals surface area (Å²) in [5.74, 6) is 0.700. The Kier molecular flexibility index (Phi) is 2.64. The molecule has 0 aliphatic carbocycles. The number of hydrogen-bond acceptors (Lipinski definition) is 2. The highest BCUT2D eigenvalue weighted by atomic mass is 16.5. The van der Waals surface area contributed by atoms with Crippen LogP contribution in [0.5, 0.6) is 0 Å². The van der Waals surface area contributed by atoms with Crippen LogP contribution in [0.2, 0.25) is 0 Å². The van der Waals surface area contributed by atoms with Crippen LogP contribution >= 0.6 is 0 Å². The van der Waals surface area contributed by atoms with E-state index in [-0.39, 0.29) is 0 Å². The van der Waals surface area contributed by atoms with Crippen molar-refractivity contribution in [3.05, 3.63) is 48.9 Å². The Morgan fingerprint density at radius 1 is 1.67 bits per heavy atom. The molecule has 0 N–H and O–H groups in total. The van der Waals surface area contributed by atoms with Crippen LogP contribution in [0.1, 0.15) is 11.5 Å². The predicted octanol–water partition coefficient (Wildman–Crippen LogP) is 2.74. The van der Waals surface area contributed by atoms with Gasteiger partial charge in [-0.25, -0.2) is 0 Å². The Labute approximate surface area is 71.9 Å². The van der Waals surface area contributed by atoms with Crippen molar-refractivity contribution < 1.29 is 4.52 Å². The third kappa shape index (κ3) is 1.95. The fraction of sp³-hybridized carbons (Fsp3) is 0.100. The second-order valence-electron chi connectivity index (χ2n) is 2.45. The molecule has 1 heterocycles. The number of hydrogen-bond donors (Lipinski definition) is 0. The first kappa shape index (κ1) is 8.53. The summed E-state index contributed by atoms with van der Waals surface area (Å²) < 4.78 is 4.99. The minimum Gasteiger partial charge on any atom is -0.356 e. The highest BCUT2D eigenvalue weighted by Crippen LogP contribution is 2.14. The molecule has 0 saturated carbocycles. The number of rotatable bonds is 3. The number of nitrogens with zero attached hydrogens (tertiary/aromatic N) is 1. The minimum atomic E-state index is 0.700. The summed E-state index contributed by atoms with van der Waals surface area (Å²) in [6.45, 7) is 9.24. The van der Waals surface area contributed by atoms with E-state index in [2.05, 4.69) is 18.3 Å². The van der Waals surface area contributed by atoms with Gasteiger partial charge in [0.25, 0.3) is 0 Å². The molecular weight excluding hydrogens is 150 g/mol. The zero-order chi connectivity index (χ0) is 8.97. The maximum absolute atomic E-state index is 4.99. The second kappa shape index (κ2) is 3.72. The van der Waals surface area contributed by atoms with Crippen LogP contribution in [0.25, 0.3) is 5.57 Å². The Morgan fingerprint density at radius 2 is 2.42 bits per heavy atom. The van der Waals surface area contributed by atoms with E-state index in [0.29, 0.717) is 5.76 Å². The maximum Gasteiger partial charge on any atom is 0.166 e. The normalized spacial score (nSPS) is 10.4. The van der Waals surface area contributed by atoms with E-state index in [4.69, 9.17) is 4.52 Å². The third-order valence-electron chi connectivity index (χ3n) is 1.38. The van der Waals surface area contributed by atoms with Crippen molar-refractivity contribution >= 4 is 5.57 Å². The molecule has 12 heavy (non-hydrogen) atoms. The maximum atomic E-state index is 4.99. The molecule has 0 radical (unpaired) electrons. The summed E-state index contributed by atoms with van der Waals surface area (Å²) >= 11 is 0. The van der Waals surface area contributed by atoms with E-state index >= 15 is 0 Å². The van der Waals surface area contributed by atoms with E-state index in [1.165, 1.54) is 0 Å². The van der Waals surface area contributed by atoms with Crippen molar-refractivity contribution in [1.29, 1.82) is 0 Å². The van der Waals surface area contributed by atoms with Crippen LogP contribution in [-0.4, -0.2) is 5.16 Å². The lowest BCUT2D eigenvalue weighted by atomic mass is 10.2. The van der Waals surface area contributed by atoms with Crippen LogP contribution in [0.3, 0.4) is 0 Å². The van der Waals surface area contributed by atoms with E-state index in [1.54, 1.807) is 12.2 Å². The standard InChI is InChI=1S/C10H11NO/c1-4-5-6-8(2)10-7-9(3)11-12-10/h4-7H,1-2H2,3H3/b6-5-. The van der Waals surface area contributed by atoms with E-state index in [1.807, 2.05) is 19.1 Å². The van der Waals surface area contributed by atoms with Gasteiger partial charge in [-0.2, -0.15) is 0 Å². The molecule has 0 saturated heterocycles. The number of aryl methyl sites for hydroxylation is 1. The average molecular weight is 161 g/mol. The third-order valence-corrected chi connectivity index (χ3v) is 1.38. The van der Waals surface area contributed by atoms with Crippen LogP contribution in [0.15, 0.2) is 42.0 Å². The molecule has 0 bridgehead atoms. The second-order valence-corrected chi connectivity index (χ2v) is 2.45. The quantitative estimate of drug-likeness (QED) is 0.637. The van der Waals surface area contributed by atoms with Crippen molar-refractivity contribution in [3.8, 4) is 0 Å². The largest absolute Gasteiger partial charge is 0.356 e. The minimum absolute atomic E-state index is 0.700. The van der Waals surface area contributed by atoms with E-state index < -0.39 is 0 Å². The fourth-order valence-corrected chi connectivity index (χ4v) is 0.781. The van der Waals surface area contributed by atoms with Gasteiger partial charge in [-0.05, 0) is 6.92 Å². The summed E-state index contributed by atoms with van der Waals surface area (Å²) in [7, 11) is 0. The van der Waals surface area contributed by atoms with Gasteiger partial charge in [0.2, 0.25) is 0 Å². The van der Waals surface area contributed by atoms with Gasteiger partial charge in [0.05, 0.1) is 5.69 Å². The van der Waals surface area contributed by atoms with Crippen molar-refractivity contribution in [2.24, 2.45) is 0 Å². The van der Waals surface area contributed by atoms with Gasteiger partial charge in [0, 0.05) is 11.6 Å². The van der Waals surface area contributed by atoms with Crippen molar-refractivity contribution in [3.63, 3.8) is 0 Å². The highest BCUT2D eigenvalue weighted by molar-refractivity contribution is 5.68. The summed E-state index contributed by atoms with van der Waals surface area (Å²) in [5, 5.41) is 3.75. The molecule has 1 rings (SSSR count). The molecule has 0 unspecified atom stereocenters. The molecule has 1 aromatic rings. The van der Waals surface area contributed by atoms with Crippen LogP contribution in [0, 0.1) is 6.92 Å². The van der Waals surface area contributed by atoms with Crippen molar-refractivity contribution in [1.82, 2.24) is 5.16 Å². The first-order chi connectivity index (χ1) is 5.74. The Morgan fingerprint density at radius 3 is 2.92 bits per heavy atom. The monoisotopic (exact) mass is 161 g/mol. The summed E-state index contributed by atoms with van der Waals surface area (Å²) in [4.78, 5) is 0. The molecule has 1 aromatic heterocycles. The Balaban J connectivity index is 2.78. The van der Waals surface area contributed by atoms with Crippen LogP contribution < -0.4 is 0 Å². The molecule has 0 aliphatic rings. The van der Waals surface area contributed by atoms with Gasteiger partial charge < -0.3 is 4.52 Å². The summed E-state index contributed by atoms with van der Waals surface area (Å²) in [6, 6.07) is 1.84. The zero-order valence-corrected chi connectivity index (χ0v) is 7.08. The SMILES string of the molecule is C=C/C=C\C(=C)c1cc(C)no1. The van der Waals surface area contributed by atoms with E-state index in [0.717, 1.165) is 11.3 Å². The lowest BCUT2D eigenvalue weighted by molar-refractivity contribution is 0.406. The zero-order valence-electron chi connectivity index (χ0n) is 7.08. The average Bonchev–Trinajstić information content (AvgIpc) is 2.47. The molecule has 2 nitrogen and oxygen atoms in total. The molecule has 0 atom stereocenters. The van der Waals surface area contributed by atoms with Gasteiger partial charge in [-0.15, -0.1) is 0 Å². The molecule has 0 amide bonds. The molecule has 62 valence electrons. The van der Waals surface area contributed by atoms with Gasteiger partial charge in [0.15, 0.2) is 5.76 Å². The fourth-order valence-electron chi connectivity index (χ4n) is 0.781. The van der Waals surface area contributed by atoms with Gasteiger partial charge >= 0.3 is 0 Å². The van der Waals surface area contributed by atoms with Crippen molar-refractivity contribution in [2.45, 2.75) is 6.92 Å². The first-order valence-electron chi connectivity index (χ1n) is 3.65. The molecule has 2 heteroatoms. The molecule has 0 aliphatic heterocycles. The predicted molar refractivity (Wildman–Crippen MR) is 49.6 cm³/mol. The van der Waals surface area contributed by atoms with Crippen molar-refractivity contribution in [2.75, 3.05) is 0 Å². The van der Waals surface area contributed by atoms with Gasteiger partial charge in [-0.3, -0.25) is 0 Å². The number of allylic oxidation sites excluding steroid dienone is 4. The smallest absolute Gasteiger partial charge is 0.166 e. The lowest BCUT2D eigenvalue weighted by Gasteiger charge is -1.88. The molecule has 0 aromatic carbocycles. The van der Waals surface area contributed by atoms with Gasteiger partial charge in [0.1, 0.15) is 0 Å². The highest BCUT2D eigenvalue weighted by Gasteiger charge is 2.00. The summed E-state index contributed by atoms with van der Waals surface area (Å²) in [5.41, 5.74) is 1.66. The van der Waals surface area contributed by atoms with Gasteiger partial charge in [-0.1, -0.05) is 36.5 Å². The molecule has 0 fully saturated rings. The molecule has 0 spiro atoms. The topological polar surface area (TPSA) is 26.0 Å². The van der Waals surface area contributed by atoms with Crippen LogP contribution in [0.4, 0.5) is 0 Å². The molecular formula is C10H11NO.